The van der Waals surface area contributed by atoms with Crippen LogP contribution in [0.25, 0.3) is 6.08 Å². The van der Waals surface area contributed by atoms with Crippen molar-refractivity contribution < 1.29 is 19.1 Å². The Hall–Kier alpha value is -3.49. The Balaban J connectivity index is 1.89. The number of nitrogens with zero attached hydrogens (tertiary/aromatic N) is 2. The molecule has 34 heavy (non-hydrogen) atoms. The maximum atomic E-state index is 13.5. The summed E-state index contributed by atoms with van der Waals surface area (Å²) in [6.07, 6.45) is 1.77. The van der Waals surface area contributed by atoms with Crippen molar-refractivity contribution in [3.63, 3.8) is 0 Å². The number of allylic oxidation sites excluding steroid dienone is 1. The van der Waals surface area contributed by atoms with E-state index in [4.69, 9.17) is 21.1 Å². The van der Waals surface area contributed by atoms with Crippen LogP contribution in [0, 0.1) is 0 Å². The van der Waals surface area contributed by atoms with Gasteiger partial charge in [0.15, 0.2) is 4.80 Å². The molecule has 7 nitrogen and oxygen atoms in total. The van der Waals surface area contributed by atoms with E-state index in [-0.39, 0.29) is 17.7 Å². The second kappa shape index (κ2) is 9.79. The first kappa shape index (κ1) is 23.7. The fourth-order valence-electron chi connectivity index (χ4n) is 3.70. The predicted octanol–water partition coefficient (Wildman–Crippen LogP) is 3.38. The molecule has 4 rings (SSSR count). The average molecular weight is 497 g/mol. The maximum Gasteiger partial charge on any atom is 0.338 e. The monoisotopic (exact) mass is 496 g/mol. The van der Waals surface area contributed by atoms with Crippen molar-refractivity contribution in [3.05, 3.63) is 95.6 Å². The van der Waals surface area contributed by atoms with E-state index in [0.717, 1.165) is 5.56 Å². The summed E-state index contributed by atoms with van der Waals surface area (Å²) in [6, 6.07) is 13.1. The smallest absolute Gasteiger partial charge is 0.338 e. The number of ether oxygens (including phenoxy) is 2. The van der Waals surface area contributed by atoms with E-state index >= 15 is 0 Å². The van der Waals surface area contributed by atoms with E-state index in [1.54, 1.807) is 56.3 Å². The Kier molecular flexibility index (Phi) is 6.81. The summed E-state index contributed by atoms with van der Waals surface area (Å²) in [4.78, 5) is 42.7. The average Bonchev–Trinajstić information content (AvgIpc) is 3.09. The summed E-state index contributed by atoms with van der Waals surface area (Å²) >= 11 is 7.21. The van der Waals surface area contributed by atoms with Gasteiger partial charge in [0.05, 0.1) is 28.5 Å². The molecule has 0 saturated carbocycles. The lowest BCUT2D eigenvalue weighted by Gasteiger charge is -2.24. The highest BCUT2D eigenvalue weighted by atomic mass is 35.5. The molecule has 0 radical (unpaired) electrons. The lowest BCUT2D eigenvalue weighted by atomic mass is 9.96. The second-order valence-electron chi connectivity index (χ2n) is 7.52. The van der Waals surface area contributed by atoms with Crippen molar-refractivity contribution in [3.8, 4) is 5.75 Å². The topological polar surface area (TPSA) is 87.0 Å². The van der Waals surface area contributed by atoms with Crippen molar-refractivity contribution in [2.24, 2.45) is 4.99 Å². The third-order valence-corrected chi connectivity index (χ3v) is 6.38. The summed E-state index contributed by atoms with van der Waals surface area (Å²) in [5.74, 6) is -0.611. The first-order valence-corrected chi connectivity index (χ1v) is 11.7. The molecular weight excluding hydrogens is 476 g/mol. The van der Waals surface area contributed by atoms with Crippen LogP contribution >= 0.6 is 22.9 Å². The van der Waals surface area contributed by atoms with Gasteiger partial charge < -0.3 is 9.47 Å². The maximum absolute atomic E-state index is 13.5. The van der Waals surface area contributed by atoms with Gasteiger partial charge in [0.2, 0.25) is 0 Å². The predicted molar refractivity (Wildman–Crippen MR) is 130 cm³/mol. The van der Waals surface area contributed by atoms with Crippen LogP contribution in [0.2, 0.25) is 5.02 Å². The number of fused-ring (bicyclic) bond motifs is 1. The number of hydrogen-bond donors (Lipinski definition) is 0. The van der Waals surface area contributed by atoms with Gasteiger partial charge in [-0.15, -0.1) is 0 Å². The molecule has 174 valence electrons. The van der Waals surface area contributed by atoms with Gasteiger partial charge in [-0.2, -0.15) is 0 Å². The molecule has 0 N–H and O–H groups in total. The molecule has 0 aliphatic carbocycles. The molecule has 3 aromatic rings. The SMILES string of the molecule is CCOC(=O)C1=C(C)N=c2sc(=Cc3ccc(Cl)cc3)c(=O)n2[C@H]1c1ccc(OC(C)=O)cc1. The molecule has 0 fully saturated rings. The summed E-state index contributed by atoms with van der Waals surface area (Å²) in [5.41, 5.74) is 1.96. The molecular formula is C25H21ClN2O5S. The Labute approximate surface area is 204 Å². The third kappa shape index (κ3) is 4.73. The zero-order valence-electron chi connectivity index (χ0n) is 18.7. The van der Waals surface area contributed by atoms with E-state index in [9.17, 15) is 14.4 Å². The number of carbonyl (C=O) groups excluding carboxylic acids is 2. The highest BCUT2D eigenvalue weighted by Gasteiger charge is 2.33. The van der Waals surface area contributed by atoms with Crippen molar-refractivity contribution in [1.29, 1.82) is 0 Å². The normalized spacial score (nSPS) is 15.5. The standard InChI is InChI=1S/C25H21ClN2O5S/c1-4-32-24(31)21-14(2)27-25-28(22(21)17-7-11-19(12-8-17)33-15(3)29)23(30)20(34-25)13-16-5-9-18(26)10-6-16/h5-13,22H,4H2,1-3H3/t22-/m0/s1. The highest BCUT2D eigenvalue weighted by molar-refractivity contribution is 7.07. The number of esters is 2. The number of halogens is 1. The Morgan fingerprint density at radius 3 is 2.44 bits per heavy atom. The summed E-state index contributed by atoms with van der Waals surface area (Å²) < 4.78 is 12.4. The quantitative estimate of drug-likeness (QED) is 0.399. The van der Waals surface area contributed by atoms with Gasteiger partial charge in [-0.25, -0.2) is 9.79 Å². The van der Waals surface area contributed by atoms with E-state index in [2.05, 4.69) is 4.99 Å². The van der Waals surface area contributed by atoms with Gasteiger partial charge >= 0.3 is 11.9 Å². The number of carbonyl (C=O) groups is 2. The van der Waals surface area contributed by atoms with Crippen LogP contribution in [-0.4, -0.2) is 23.1 Å². The molecule has 1 atom stereocenters. The molecule has 0 spiro atoms. The minimum absolute atomic E-state index is 0.189. The number of benzene rings is 2. The fraction of sp³-hybridized carbons (Fsp3) is 0.200. The summed E-state index contributed by atoms with van der Waals surface area (Å²) in [6.45, 7) is 4.95. The first-order chi connectivity index (χ1) is 16.3. The minimum atomic E-state index is -0.742. The lowest BCUT2D eigenvalue weighted by molar-refractivity contribution is -0.139. The molecule has 2 aromatic carbocycles. The van der Waals surface area contributed by atoms with E-state index < -0.39 is 18.0 Å². The molecule has 2 heterocycles. The number of aromatic nitrogens is 1. The van der Waals surface area contributed by atoms with Crippen molar-refractivity contribution >= 4 is 41.0 Å². The van der Waals surface area contributed by atoms with Crippen LogP contribution < -0.4 is 19.6 Å². The van der Waals surface area contributed by atoms with Crippen molar-refractivity contribution in [2.45, 2.75) is 26.8 Å². The molecule has 0 amide bonds. The van der Waals surface area contributed by atoms with Crippen molar-refractivity contribution in [2.75, 3.05) is 6.61 Å². The van der Waals surface area contributed by atoms with Crippen LogP contribution in [0.3, 0.4) is 0 Å². The van der Waals surface area contributed by atoms with E-state index in [0.29, 0.717) is 31.4 Å². The first-order valence-electron chi connectivity index (χ1n) is 10.5. The second-order valence-corrected chi connectivity index (χ2v) is 8.96. The van der Waals surface area contributed by atoms with E-state index in [1.807, 2.05) is 12.1 Å². The van der Waals surface area contributed by atoms with Crippen LogP contribution in [-0.2, 0) is 14.3 Å². The molecule has 0 saturated heterocycles. The zero-order chi connectivity index (χ0) is 24.4. The molecule has 1 aromatic heterocycles. The van der Waals surface area contributed by atoms with Gasteiger partial charge in [-0.3, -0.25) is 14.2 Å². The van der Waals surface area contributed by atoms with Crippen molar-refractivity contribution in [1.82, 2.24) is 4.57 Å². The van der Waals surface area contributed by atoms with Crippen LogP contribution in [0.5, 0.6) is 5.75 Å². The minimum Gasteiger partial charge on any atom is -0.463 e. The largest absolute Gasteiger partial charge is 0.463 e. The van der Waals surface area contributed by atoms with Gasteiger partial charge in [0, 0.05) is 11.9 Å². The zero-order valence-corrected chi connectivity index (χ0v) is 20.3. The highest BCUT2D eigenvalue weighted by Crippen LogP contribution is 2.31. The van der Waals surface area contributed by atoms with Gasteiger partial charge in [-0.05, 0) is 55.3 Å². The van der Waals surface area contributed by atoms with Gasteiger partial charge in [0.1, 0.15) is 5.75 Å². The molecule has 0 bridgehead atoms. The van der Waals surface area contributed by atoms with Crippen LogP contribution in [0.4, 0.5) is 0 Å². The number of hydrogen-bond acceptors (Lipinski definition) is 7. The Bertz CT molecular complexity index is 1470. The third-order valence-electron chi connectivity index (χ3n) is 5.14. The number of rotatable bonds is 5. The molecule has 0 unspecified atom stereocenters. The van der Waals surface area contributed by atoms with Crippen LogP contribution in [0.1, 0.15) is 37.9 Å². The molecule has 1 aliphatic rings. The van der Waals surface area contributed by atoms with E-state index in [1.165, 1.54) is 22.8 Å². The summed E-state index contributed by atoms with van der Waals surface area (Å²) in [7, 11) is 0. The van der Waals surface area contributed by atoms with Crippen LogP contribution in [0.15, 0.2) is 69.6 Å². The van der Waals surface area contributed by atoms with Gasteiger partial charge in [-0.1, -0.05) is 47.2 Å². The summed E-state index contributed by atoms with van der Waals surface area (Å²) in [5, 5.41) is 0.602. The molecule has 9 heteroatoms. The Morgan fingerprint density at radius 1 is 1.15 bits per heavy atom. The number of thiazole rings is 1. The van der Waals surface area contributed by atoms with Gasteiger partial charge in [0.25, 0.3) is 5.56 Å². The lowest BCUT2D eigenvalue weighted by Crippen LogP contribution is -2.39. The fourth-order valence-corrected chi connectivity index (χ4v) is 4.87. The Morgan fingerprint density at radius 2 is 1.82 bits per heavy atom. The molecule has 1 aliphatic heterocycles.